The van der Waals surface area contributed by atoms with E-state index in [1.54, 1.807) is 0 Å². The lowest BCUT2D eigenvalue weighted by Crippen LogP contribution is -2.16. The van der Waals surface area contributed by atoms with Crippen LogP contribution in [0.5, 0.6) is 0 Å². The molecule has 0 radical (unpaired) electrons. The quantitative estimate of drug-likeness (QED) is 0.271. The Balaban J connectivity index is 1.88. The number of thiazole rings is 1. The lowest BCUT2D eigenvalue weighted by Gasteiger charge is -2.05. The average molecular weight is 408 g/mol. The lowest BCUT2D eigenvalue weighted by molar-refractivity contribution is 0.102. The van der Waals surface area contributed by atoms with E-state index in [0.717, 1.165) is 11.3 Å². The Morgan fingerprint density at radius 3 is 2.50 bits per heavy atom. The van der Waals surface area contributed by atoms with E-state index in [4.69, 9.17) is 0 Å². The van der Waals surface area contributed by atoms with Crippen molar-refractivity contribution in [3.05, 3.63) is 53.1 Å². The van der Waals surface area contributed by atoms with Crippen LogP contribution in [0.4, 0.5) is 31.5 Å². The molecule has 2 aromatic carbocycles. The van der Waals surface area contributed by atoms with Gasteiger partial charge in [0.2, 0.25) is 0 Å². The van der Waals surface area contributed by atoms with Gasteiger partial charge in [-0.2, -0.15) is 8.78 Å². The Bertz CT molecular complexity index is 1010. The second-order valence-corrected chi connectivity index (χ2v) is 6.92. The molecule has 136 valence electrons. The van der Waals surface area contributed by atoms with E-state index in [1.807, 2.05) is 0 Å². The summed E-state index contributed by atoms with van der Waals surface area (Å²) >= 11 is 1.22. The lowest BCUT2D eigenvalue weighted by atomic mass is 10.1. The summed E-state index contributed by atoms with van der Waals surface area (Å²) in [4.78, 5) is 16.3. The molecule has 1 N–H and O–H groups in total. The third kappa shape index (κ3) is 3.63. The SMILES string of the molecule is O=C(Nc1nc2ccc(SC(F)F)cc2s1)c1cc(F)c(F)c(F)c1F. The minimum atomic E-state index is -2.61. The van der Waals surface area contributed by atoms with Gasteiger partial charge < -0.3 is 0 Å². The molecular formula is C15H6F6N2OS2. The van der Waals surface area contributed by atoms with Crippen molar-refractivity contribution in [1.29, 1.82) is 0 Å². The monoisotopic (exact) mass is 408 g/mol. The molecule has 3 rings (SSSR count). The van der Waals surface area contributed by atoms with Gasteiger partial charge in [-0.05, 0) is 24.3 Å². The number of hydrogen-bond acceptors (Lipinski definition) is 4. The molecule has 0 aliphatic heterocycles. The topological polar surface area (TPSA) is 42.0 Å². The van der Waals surface area contributed by atoms with E-state index in [0.29, 0.717) is 22.0 Å². The number of nitrogens with zero attached hydrogens (tertiary/aromatic N) is 1. The average Bonchev–Trinajstić information content (AvgIpc) is 2.97. The summed E-state index contributed by atoms with van der Waals surface area (Å²) in [5.74, 6) is -11.5. The molecule has 0 atom stereocenters. The van der Waals surface area contributed by atoms with Crippen LogP contribution < -0.4 is 5.32 Å². The van der Waals surface area contributed by atoms with Crippen LogP contribution in [0.15, 0.2) is 29.2 Å². The number of amides is 1. The fraction of sp³-hybridized carbons (Fsp3) is 0.0667. The zero-order valence-electron chi connectivity index (χ0n) is 12.3. The Morgan fingerprint density at radius 2 is 1.81 bits per heavy atom. The number of aromatic nitrogens is 1. The van der Waals surface area contributed by atoms with Gasteiger partial charge in [-0.3, -0.25) is 10.1 Å². The van der Waals surface area contributed by atoms with Crippen LogP contribution in [0.2, 0.25) is 0 Å². The highest BCUT2D eigenvalue weighted by Gasteiger charge is 2.23. The summed E-state index contributed by atoms with van der Waals surface area (Å²) in [5.41, 5.74) is -0.657. The second-order valence-electron chi connectivity index (χ2n) is 4.83. The first-order valence-corrected chi connectivity index (χ1v) is 8.45. The molecular weight excluding hydrogens is 402 g/mol. The molecule has 0 fully saturated rings. The number of alkyl halides is 2. The van der Waals surface area contributed by atoms with E-state index in [-0.39, 0.29) is 16.1 Å². The van der Waals surface area contributed by atoms with Crippen LogP contribution in [0.25, 0.3) is 10.2 Å². The van der Waals surface area contributed by atoms with Gasteiger partial charge in [-0.15, -0.1) is 0 Å². The summed E-state index contributed by atoms with van der Waals surface area (Å²) in [7, 11) is 0. The van der Waals surface area contributed by atoms with E-state index in [2.05, 4.69) is 10.3 Å². The zero-order chi connectivity index (χ0) is 19.0. The molecule has 1 amide bonds. The van der Waals surface area contributed by atoms with Gasteiger partial charge in [-0.1, -0.05) is 23.1 Å². The highest BCUT2D eigenvalue weighted by Crippen LogP contribution is 2.32. The van der Waals surface area contributed by atoms with Crippen LogP contribution in [-0.2, 0) is 0 Å². The van der Waals surface area contributed by atoms with Gasteiger partial charge in [0.25, 0.3) is 11.7 Å². The van der Waals surface area contributed by atoms with Crippen molar-refractivity contribution in [2.45, 2.75) is 10.7 Å². The van der Waals surface area contributed by atoms with Gasteiger partial charge in [-0.25, -0.2) is 22.5 Å². The third-order valence-corrected chi connectivity index (χ3v) is 4.79. The van der Waals surface area contributed by atoms with Gasteiger partial charge in [0.1, 0.15) is 0 Å². The number of nitrogens with one attached hydrogen (secondary N) is 1. The number of hydrogen-bond donors (Lipinski definition) is 1. The minimum Gasteiger partial charge on any atom is -0.298 e. The largest absolute Gasteiger partial charge is 0.298 e. The third-order valence-electron chi connectivity index (χ3n) is 3.15. The van der Waals surface area contributed by atoms with Crippen molar-refractivity contribution in [1.82, 2.24) is 4.98 Å². The van der Waals surface area contributed by atoms with Crippen molar-refractivity contribution >= 4 is 44.4 Å². The number of carbonyl (C=O) groups is 1. The Hall–Kier alpha value is -2.27. The number of carbonyl (C=O) groups excluding carboxylic acids is 1. The fourth-order valence-corrected chi connectivity index (χ4v) is 3.55. The molecule has 26 heavy (non-hydrogen) atoms. The highest BCUT2D eigenvalue weighted by molar-refractivity contribution is 7.99. The van der Waals surface area contributed by atoms with Crippen molar-refractivity contribution in [2.24, 2.45) is 0 Å². The molecule has 0 spiro atoms. The number of thioether (sulfide) groups is 1. The fourth-order valence-electron chi connectivity index (χ4n) is 2.04. The normalized spacial score (nSPS) is 11.3. The first-order chi connectivity index (χ1) is 12.3. The molecule has 0 saturated heterocycles. The number of benzene rings is 2. The predicted octanol–water partition coefficient (Wildman–Crippen LogP) is 5.42. The van der Waals surface area contributed by atoms with E-state index < -0.39 is 40.5 Å². The summed E-state index contributed by atoms with van der Waals surface area (Å²) < 4.78 is 78.2. The van der Waals surface area contributed by atoms with Crippen molar-refractivity contribution in [3.63, 3.8) is 0 Å². The van der Waals surface area contributed by atoms with E-state index in [1.165, 1.54) is 18.2 Å². The molecule has 0 bridgehead atoms. The maximum atomic E-state index is 13.6. The van der Waals surface area contributed by atoms with Gasteiger partial charge in [0.05, 0.1) is 15.8 Å². The first-order valence-electron chi connectivity index (χ1n) is 6.76. The minimum absolute atomic E-state index is 0.0475. The van der Waals surface area contributed by atoms with Crippen LogP contribution >= 0.6 is 23.1 Å². The summed E-state index contributed by atoms with van der Waals surface area (Å²) in [6.07, 6.45) is 0. The predicted molar refractivity (Wildman–Crippen MR) is 85.7 cm³/mol. The van der Waals surface area contributed by atoms with E-state index >= 15 is 0 Å². The smallest absolute Gasteiger partial charge is 0.288 e. The molecule has 1 aromatic heterocycles. The molecule has 0 aliphatic carbocycles. The van der Waals surface area contributed by atoms with Crippen LogP contribution in [-0.4, -0.2) is 16.6 Å². The van der Waals surface area contributed by atoms with Crippen LogP contribution in [0.1, 0.15) is 10.4 Å². The van der Waals surface area contributed by atoms with Crippen molar-refractivity contribution < 1.29 is 31.1 Å². The Labute approximate surface area is 150 Å². The number of halogens is 6. The first kappa shape index (κ1) is 18.5. The second kappa shape index (κ2) is 7.16. The van der Waals surface area contributed by atoms with Crippen LogP contribution in [0, 0.1) is 23.3 Å². The molecule has 11 heteroatoms. The van der Waals surface area contributed by atoms with Crippen LogP contribution in [0.3, 0.4) is 0 Å². The molecule has 0 unspecified atom stereocenters. The maximum absolute atomic E-state index is 13.6. The molecule has 0 saturated carbocycles. The molecule has 1 heterocycles. The highest BCUT2D eigenvalue weighted by atomic mass is 32.2. The molecule has 0 aliphatic rings. The van der Waals surface area contributed by atoms with Gasteiger partial charge in [0.15, 0.2) is 28.4 Å². The Kier molecular flexibility index (Phi) is 5.10. The maximum Gasteiger partial charge on any atom is 0.288 e. The summed E-state index contributed by atoms with van der Waals surface area (Å²) in [5, 5.41) is 2.09. The number of rotatable bonds is 4. The van der Waals surface area contributed by atoms with Gasteiger partial charge >= 0.3 is 0 Å². The molecule has 3 nitrogen and oxygen atoms in total. The van der Waals surface area contributed by atoms with Crippen molar-refractivity contribution in [3.8, 4) is 0 Å². The zero-order valence-corrected chi connectivity index (χ0v) is 14.0. The summed E-state index contributed by atoms with van der Waals surface area (Å²) in [6, 6.07) is 4.52. The summed E-state index contributed by atoms with van der Waals surface area (Å²) in [6.45, 7) is 0. The standard InChI is InChI=1S/C15H6F6N2OS2/c16-7-4-6(10(17)12(19)11(7)18)13(24)23-15-22-8-2-1-5(25-14(20)21)3-9(8)26-15/h1-4,14H,(H,22,23,24). The number of fused-ring (bicyclic) bond motifs is 1. The van der Waals surface area contributed by atoms with Gasteiger partial charge in [0, 0.05) is 4.90 Å². The number of anilines is 1. The van der Waals surface area contributed by atoms with E-state index in [9.17, 15) is 31.1 Å². The Morgan fingerprint density at radius 1 is 1.08 bits per heavy atom. The van der Waals surface area contributed by atoms with Crippen molar-refractivity contribution in [2.75, 3.05) is 5.32 Å². The molecule has 3 aromatic rings.